The molecule has 0 aromatic heterocycles. The number of fused-ring (bicyclic) bond motifs is 1. The molecule has 0 radical (unpaired) electrons. The van der Waals surface area contributed by atoms with Crippen LogP contribution in [0.5, 0.6) is 17.2 Å². The summed E-state index contributed by atoms with van der Waals surface area (Å²) in [7, 11) is -3.45. The number of esters is 1. The van der Waals surface area contributed by atoms with Crippen LogP contribution in [-0.2, 0) is 26.0 Å². The van der Waals surface area contributed by atoms with Crippen molar-refractivity contribution in [1.29, 1.82) is 0 Å². The molecule has 1 aliphatic rings. The SMILES string of the molecule is CCCc1cc(C(=O)O)ccc1OC(C(=O)NS(=O)(=O)c1ccccc1C(=O)OC)c1ccc2c(c1)OCO2. The first kappa shape index (κ1) is 27.5. The van der Waals surface area contributed by atoms with Crippen molar-refractivity contribution in [2.45, 2.75) is 30.8 Å². The van der Waals surface area contributed by atoms with Gasteiger partial charge in [0.05, 0.1) is 18.2 Å². The van der Waals surface area contributed by atoms with E-state index in [9.17, 15) is 27.9 Å². The second-order valence-corrected chi connectivity index (χ2v) is 10.1. The van der Waals surface area contributed by atoms with Crippen molar-refractivity contribution in [3.8, 4) is 17.2 Å². The smallest absolute Gasteiger partial charge is 0.339 e. The first-order valence-electron chi connectivity index (χ1n) is 11.8. The third-order valence-electron chi connectivity index (χ3n) is 5.83. The molecule has 3 aromatic rings. The number of carboxylic acids is 1. The number of amides is 1. The summed E-state index contributed by atoms with van der Waals surface area (Å²) >= 11 is 0. The molecule has 0 aliphatic carbocycles. The normalized spacial score (nSPS) is 12.9. The molecule has 1 amide bonds. The number of sulfonamides is 1. The maximum atomic E-state index is 13.5. The minimum Gasteiger partial charge on any atom is -0.478 e. The van der Waals surface area contributed by atoms with Crippen LogP contribution in [-0.4, -0.2) is 45.3 Å². The van der Waals surface area contributed by atoms with Crippen LogP contribution in [0.3, 0.4) is 0 Å². The quantitative estimate of drug-likeness (QED) is 0.355. The fourth-order valence-corrected chi connectivity index (χ4v) is 5.17. The first-order chi connectivity index (χ1) is 18.6. The molecular formula is C27H25NO10S. The predicted molar refractivity (Wildman–Crippen MR) is 136 cm³/mol. The van der Waals surface area contributed by atoms with Crippen LogP contribution in [0.1, 0.15) is 51.3 Å². The summed E-state index contributed by atoms with van der Waals surface area (Å²) in [5.41, 5.74) is 0.556. The topological polar surface area (TPSA) is 155 Å². The van der Waals surface area contributed by atoms with Crippen molar-refractivity contribution in [3.05, 3.63) is 82.9 Å². The van der Waals surface area contributed by atoms with Crippen molar-refractivity contribution in [2.24, 2.45) is 0 Å². The van der Waals surface area contributed by atoms with Gasteiger partial charge in [-0.2, -0.15) is 0 Å². The molecule has 4 rings (SSSR count). The average molecular weight is 556 g/mol. The Morgan fingerprint density at radius 3 is 2.49 bits per heavy atom. The Hall–Kier alpha value is -4.58. The van der Waals surface area contributed by atoms with Gasteiger partial charge in [-0.05, 0) is 54.4 Å². The molecule has 0 fully saturated rings. The van der Waals surface area contributed by atoms with Gasteiger partial charge in [0.1, 0.15) is 10.6 Å². The second kappa shape index (κ2) is 11.4. The van der Waals surface area contributed by atoms with Crippen molar-refractivity contribution < 1.29 is 46.9 Å². The van der Waals surface area contributed by atoms with Crippen LogP contribution in [0.15, 0.2) is 65.6 Å². The number of carbonyl (C=O) groups excluding carboxylic acids is 2. The molecular weight excluding hydrogens is 530 g/mol. The number of hydrogen-bond acceptors (Lipinski definition) is 9. The Bertz CT molecular complexity index is 1530. The van der Waals surface area contributed by atoms with E-state index < -0.39 is 38.9 Å². The van der Waals surface area contributed by atoms with E-state index in [1.807, 2.05) is 11.6 Å². The largest absolute Gasteiger partial charge is 0.478 e. The second-order valence-electron chi connectivity index (χ2n) is 8.45. The summed E-state index contributed by atoms with van der Waals surface area (Å²) in [5.74, 6) is -2.10. The minimum absolute atomic E-state index is 0.0213. The van der Waals surface area contributed by atoms with Gasteiger partial charge in [0.15, 0.2) is 11.5 Å². The van der Waals surface area contributed by atoms with E-state index in [1.54, 1.807) is 6.07 Å². The lowest BCUT2D eigenvalue weighted by Crippen LogP contribution is -2.37. The lowest BCUT2D eigenvalue weighted by molar-refractivity contribution is -0.126. The first-order valence-corrected chi connectivity index (χ1v) is 13.3. The molecule has 39 heavy (non-hydrogen) atoms. The van der Waals surface area contributed by atoms with Gasteiger partial charge >= 0.3 is 11.9 Å². The van der Waals surface area contributed by atoms with Crippen molar-refractivity contribution >= 4 is 27.9 Å². The van der Waals surface area contributed by atoms with Gasteiger partial charge in [-0.1, -0.05) is 31.5 Å². The number of rotatable bonds is 10. The zero-order chi connectivity index (χ0) is 28.2. The summed E-state index contributed by atoms with van der Waals surface area (Å²) in [6.45, 7) is 1.87. The highest BCUT2D eigenvalue weighted by Crippen LogP contribution is 2.36. The van der Waals surface area contributed by atoms with Gasteiger partial charge < -0.3 is 24.1 Å². The molecule has 1 atom stereocenters. The maximum absolute atomic E-state index is 13.5. The van der Waals surface area contributed by atoms with Gasteiger partial charge in [-0.25, -0.2) is 22.7 Å². The van der Waals surface area contributed by atoms with E-state index in [-0.39, 0.29) is 29.2 Å². The molecule has 0 bridgehead atoms. The standard InChI is InChI=1S/C27H25NO10S/c1-3-6-16-13-18(26(30)31)10-11-20(16)38-24(17-9-12-21-22(14-17)37-15-36-21)25(29)28-39(33,34)23-8-5-4-7-19(23)27(32)35-2/h4-5,7-14,24H,3,6,15H2,1-2H3,(H,28,29)(H,30,31). The Morgan fingerprint density at radius 1 is 1.03 bits per heavy atom. The molecule has 0 saturated heterocycles. The third-order valence-corrected chi connectivity index (χ3v) is 7.23. The zero-order valence-corrected chi connectivity index (χ0v) is 21.8. The number of aromatic carboxylic acids is 1. The molecule has 2 N–H and O–H groups in total. The number of nitrogens with one attached hydrogen (secondary N) is 1. The Morgan fingerprint density at radius 2 is 1.77 bits per heavy atom. The molecule has 1 heterocycles. The minimum atomic E-state index is -4.55. The average Bonchev–Trinajstić information content (AvgIpc) is 3.39. The number of carbonyl (C=O) groups is 3. The molecule has 11 nitrogen and oxygen atoms in total. The number of carboxylic acid groups (broad SMARTS) is 1. The number of methoxy groups -OCH3 is 1. The fraction of sp³-hybridized carbons (Fsp3) is 0.222. The van der Waals surface area contributed by atoms with E-state index in [1.165, 1.54) is 54.6 Å². The molecule has 204 valence electrons. The van der Waals surface area contributed by atoms with Crippen LogP contribution in [0.4, 0.5) is 0 Å². The summed E-state index contributed by atoms with van der Waals surface area (Å²) < 4.78 is 49.9. The highest BCUT2D eigenvalue weighted by atomic mass is 32.2. The number of ether oxygens (including phenoxy) is 4. The van der Waals surface area contributed by atoms with E-state index >= 15 is 0 Å². The number of aryl methyl sites for hydroxylation is 1. The Balaban J connectivity index is 1.74. The van der Waals surface area contributed by atoms with Crippen LogP contribution >= 0.6 is 0 Å². The predicted octanol–water partition coefficient (Wildman–Crippen LogP) is 3.48. The van der Waals surface area contributed by atoms with Crippen LogP contribution in [0.25, 0.3) is 0 Å². The van der Waals surface area contributed by atoms with Gasteiger partial charge in [0.25, 0.3) is 15.9 Å². The molecule has 1 unspecified atom stereocenters. The Labute approximate surface area is 224 Å². The van der Waals surface area contributed by atoms with Crippen LogP contribution < -0.4 is 18.9 Å². The van der Waals surface area contributed by atoms with E-state index in [0.717, 1.165) is 7.11 Å². The van der Waals surface area contributed by atoms with E-state index in [2.05, 4.69) is 4.74 Å². The summed E-state index contributed by atoms with van der Waals surface area (Å²) in [6, 6.07) is 14.1. The fourth-order valence-electron chi connectivity index (χ4n) is 3.99. The van der Waals surface area contributed by atoms with E-state index in [4.69, 9.17) is 14.2 Å². The monoisotopic (exact) mass is 555 g/mol. The molecule has 0 spiro atoms. The van der Waals surface area contributed by atoms with Crippen molar-refractivity contribution in [1.82, 2.24) is 4.72 Å². The lowest BCUT2D eigenvalue weighted by atomic mass is 10.0. The molecule has 12 heteroatoms. The molecule has 3 aromatic carbocycles. The third kappa shape index (κ3) is 5.96. The summed E-state index contributed by atoms with van der Waals surface area (Å²) in [4.78, 5) is 36.7. The van der Waals surface area contributed by atoms with Crippen molar-refractivity contribution in [3.63, 3.8) is 0 Å². The van der Waals surface area contributed by atoms with Crippen LogP contribution in [0, 0.1) is 0 Å². The van der Waals surface area contributed by atoms with Gasteiger partial charge in [0.2, 0.25) is 12.9 Å². The number of benzene rings is 3. The van der Waals surface area contributed by atoms with E-state index in [0.29, 0.717) is 29.9 Å². The Kier molecular flexibility index (Phi) is 8.05. The molecule has 0 saturated carbocycles. The maximum Gasteiger partial charge on any atom is 0.339 e. The highest BCUT2D eigenvalue weighted by Gasteiger charge is 2.32. The highest BCUT2D eigenvalue weighted by molar-refractivity contribution is 7.90. The van der Waals surface area contributed by atoms with Gasteiger partial charge in [0, 0.05) is 5.56 Å². The van der Waals surface area contributed by atoms with Crippen LogP contribution in [0.2, 0.25) is 0 Å². The van der Waals surface area contributed by atoms with Crippen molar-refractivity contribution in [2.75, 3.05) is 13.9 Å². The van der Waals surface area contributed by atoms with Gasteiger partial charge in [-0.3, -0.25) is 4.79 Å². The zero-order valence-electron chi connectivity index (χ0n) is 21.0. The summed E-state index contributed by atoms with van der Waals surface area (Å²) in [5, 5.41) is 9.39. The summed E-state index contributed by atoms with van der Waals surface area (Å²) in [6.07, 6.45) is -0.415. The lowest BCUT2D eigenvalue weighted by Gasteiger charge is -2.22. The van der Waals surface area contributed by atoms with Gasteiger partial charge in [-0.15, -0.1) is 0 Å². The number of hydrogen-bond donors (Lipinski definition) is 2. The molecule has 1 aliphatic heterocycles.